The average Bonchev–Trinajstić information content (AvgIpc) is 2.45. The second-order valence-corrected chi connectivity index (χ2v) is 3.98. The van der Waals surface area contributed by atoms with Gasteiger partial charge in [0.1, 0.15) is 5.75 Å². The first-order valence-corrected chi connectivity index (χ1v) is 5.63. The van der Waals surface area contributed by atoms with Crippen LogP contribution in [0.1, 0.15) is 21.5 Å². The number of aromatic nitrogens is 1. The number of methoxy groups -OCH3 is 1. The van der Waals surface area contributed by atoms with Gasteiger partial charge in [-0.2, -0.15) is 13.2 Å². The molecule has 1 heterocycles. The van der Waals surface area contributed by atoms with Crippen molar-refractivity contribution in [3.8, 4) is 5.75 Å². The minimum atomic E-state index is -4.53. The number of hydrogen-bond donors (Lipinski definition) is 0. The standard InChI is InChI=1S/C14H10F3NO2/c1-20-12-7-9(4-5-11(12)14(15,16)17)13(19)10-3-2-6-18-8-10/h2-8H,1H3. The molecule has 3 nitrogen and oxygen atoms in total. The van der Waals surface area contributed by atoms with Crippen LogP contribution in [0.15, 0.2) is 42.7 Å². The van der Waals surface area contributed by atoms with Crippen molar-refractivity contribution in [1.29, 1.82) is 0 Å². The van der Waals surface area contributed by atoms with Crippen molar-refractivity contribution in [2.24, 2.45) is 0 Å². The van der Waals surface area contributed by atoms with Crippen LogP contribution in [-0.4, -0.2) is 17.9 Å². The molecule has 0 radical (unpaired) electrons. The summed E-state index contributed by atoms with van der Waals surface area (Å²) in [6.45, 7) is 0. The second-order valence-electron chi connectivity index (χ2n) is 3.98. The van der Waals surface area contributed by atoms with Crippen molar-refractivity contribution in [2.45, 2.75) is 6.18 Å². The summed E-state index contributed by atoms with van der Waals surface area (Å²) in [5, 5.41) is 0. The molecule has 0 fully saturated rings. The van der Waals surface area contributed by atoms with E-state index in [1.54, 1.807) is 12.1 Å². The lowest BCUT2D eigenvalue weighted by molar-refractivity contribution is -0.138. The molecule has 1 aromatic heterocycles. The maximum atomic E-state index is 12.7. The summed E-state index contributed by atoms with van der Waals surface area (Å²) >= 11 is 0. The van der Waals surface area contributed by atoms with E-state index in [-0.39, 0.29) is 11.3 Å². The van der Waals surface area contributed by atoms with Gasteiger partial charge in [-0.1, -0.05) is 6.07 Å². The van der Waals surface area contributed by atoms with Crippen LogP contribution in [0, 0.1) is 0 Å². The Morgan fingerprint density at radius 3 is 2.50 bits per heavy atom. The Hall–Kier alpha value is -2.37. The highest BCUT2D eigenvalue weighted by Crippen LogP contribution is 2.36. The van der Waals surface area contributed by atoms with Crippen molar-refractivity contribution in [3.63, 3.8) is 0 Å². The molecular weight excluding hydrogens is 271 g/mol. The van der Waals surface area contributed by atoms with Crippen LogP contribution in [0.2, 0.25) is 0 Å². The largest absolute Gasteiger partial charge is 0.496 e. The zero-order valence-corrected chi connectivity index (χ0v) is 10.4. The highest BCUT2D eigenvalue weighted by molar-refractivity contribution is 6.09. The van der Waals surface area contributed by atoms with Crippen LogP contribution >= 0.6 is 0 Å². The van der Waals surface area contributed by atoms with Gasteiger partial charge in [-0.15, -0.1) is 0 Å². The summed E-state index contributed by atoms with van der Waals surface area (Å²) in [7, 11) is 1.13. The number of hydrogen-bond acceptors (Lipinski definition) is 3. The van der Waals surface area contributed by atoms with Crippen LogP contribution in [0.3, 0.4) is 0 Å². The Bertz CT molecular complexity index is 624. The number of ether oxygens (including phenoxy) is 1. The minimum absolute atomic E-state index is 0.114. The van der Waals surface area contributed by atoms with Crippen molar-refractivity contribution in [3.05, 3.63) is 59.4 Å². The minimum Gasteiger partial charge on any atom is -0.496 e. The van der Waals surface area contributed by atoms with E-state index in [1.807, 2.05) is 0 Å². The SMILES string of the molecule is COc1cc(C(=O)c2cccnc2)ccc1C(F)(F)F. The van der Waals surface area contributed by atoms with Gasteiger partial charge >= 0.3 is 6.18 Å². The lowest BCUT2D eigenvalue weighted by Gasteiger charge is -2.12. The molecule has 0 aliphatic rings. The molecular formula is C14H10F3NO2. The monoisotopic (exact) mass is 281 g/mol. The molecule has 2 aromatic rings. The number of carbonyl (C=O) groups excluding carboxylic acids is 1. The molecule has 0 atom stereocenters. The molecule has 0 amide bonds. The van der Waals surface area contributed by atoms with E-state index in [0.29, 0.717) is 5.56 Å². The third kappa shape index (κ3) is 2.79. The lowest BCUT2D eigenvalue weighted by Crippen LogP contribution is -2.09. The molecule has 2 rings (SSSR count). The van der Waals surface area contributed by atoms with E-state index in [0.717, 1.165) is 25.3 Å². The van der Waals surface area contributed by atoms with Crippen molar-refractivity contribution >= 4 is 5.78 Å². The zero-order chi connectivity index (χ0) is 14.8. The van der Waals surface area contributed by atoms with Crippen LogP contribution in [0.4, 0.5) is 13.2 Å². The first-order valence-electron chi connectivity index (χ1n) is 5.63. The number of alkyl halides is 3. The zero-order valence-electron chi connectivity index (χ0n) is 10.4. The smallest absolute Gasteiger partial charge is 0.419 e. The molecule has 20 heavy (non-hydrogen) atoms. The molecule has 0 bridgehead atoms. The Labute approximate surface area is 113 Å². The van der Waals surface area contributed by atoms with Crippen LogP contribution < -0.4 is 4.74 Å². The fraction of sp³-hybridized carbons (Fsp3) is 0.143. The second kappa shape index (κ2) is 5.32. The Kier molecular flexibility index (Phi) is 3.74. The van der Waals surface area contributed by atoms with E-state index in [2.05, 4.69) is 4.98 Å². The Balaban J connectivity index is 2.43. The van der Waals surface area contributed by atoms with Gasteiger partial charge in [-0.3, -0.25) is 9.78 Å². The third-order valence-electron chi connectivity index (χ3n) is 2.69. The van der Waals surface area contributed by atoms with Gasteiger partial charge in [-0.05, 0) is 24.3 Å². The van der Waals surface area contributed by atoms with Gasteiger partial charge in [0.15, 0.2) is 5.78 Å². The van der Waals surface area contributed by atoms with Crippen molar-refractivity contribution in [1.82, 2.24) is 4.98 Å². The summed E-state index contributed by atoms with van der Waals surface area (Å²) in [5.74, 6) is -0.794. The molecule has 0 aliphatic heterocycles. The number of benzene rings is 1. The molecule has 0 N–H and O–H groups in total. The Morgan fingerprint density at radius 2 is 1.95 bits per heavy atom. The molecule has 0 unspecified atom stereocenters. The molecule has 0 spiro atoms. The van der Waals surface area contributed by atoms with E-state index in [9.17, 15) is 18.0 Å². The molecule has 104 valence electrons. The first kappa shape index (κ1) is 14.0. The van der Waals surface area contributed by atoms with Gasteiger partial charge in [0, 0.05) is 23.5 Å². The summed E-state index contributed by atoms with van der Waals surface area (Å²) in [6, 6.07) is 6.16. The van der Waals surface area contributed by atoms with E-state index >= 15 is 0 Å². The van der Waals surface area contributed by atoms with Gasteiger partial charge < -0.3 is 4.74 Å². The number of nitrogens with zero attached hydrogens (tertiary/aromatic N) is 1. The van der Waals surface area contributed by atoms with Crippen LogP contribution in [0.25, 0.3) is 0 Å². The highest BCUT2D eigenvalue weighted by atomic mass is 19.4. The molecule has 0 saturated heterocycles. The van der Waals surface area contributed by atoms with Gasteiger partial charge in [-0.25, -0.2) is 0 Å². The van der Waals surface area contributed by atoms with Gasteiger partial charge in [0.05, 0.1) is 12.7 Å². The molecule has 6 heteroatoms. The molecule has 1 aromatic carbocycles. The van der Waals surface area contributed by atoms with Crippen molar-refractivity contribution < 1.29 is 22.7 Å². The molecule has 0 saturated carbocycles. The topological polar surface area (TPSA) is 39.2 Å². The number of rotatable bonds is 3. The Morgan fingerprint density at radius 1 is 1.20 bits per heavy atom. The lowest BCUT2D eigenvalue weighted by atomic mass is 10.0. The third-order valence-corrected chi connectivity index (χ3v) is 2.69. The van der Waals surface area contributed by atoms with E-state index in [1.165, 1.54) is 12.4 Å². The summed E-state index contributed by atoms with van der Waals surface area (Å²) in [5.41, 5.74) is -0.500. The first-order chi connectivity index (χ1) is 9.43. The van der Waals surface area contributed by atoms with Crippen LogP contribution in [0.5, 0.6) is 5.75 Å². The number of carbonyl (C=O) groups is 1. The maximum Gasteiger partial charge on any atom is 0.419 e. The van der Waals surface area contributed by atoms with Gasteiger partial charge in [0.2, 0.25) is 0 Å². The normalized spacial score (nSPS) is 11.2. The highest BCUT2D eigenvalue weighted by Gasteiger charge is 2.34. The number of pyridine rings is 1. The predicted octanol–water partition coefficient (Wildman–Crippen LogP) is 3.34. The van der Waals surface area contributed by atoms with Gasteiger partial charge in [0.25, 0.3) is 0 Å². The van der Waals surface area contributed by atoms with Crippen LogP contribution in [-0.2, 0) is 6.18 Å². The summed E-state index contributed by atoms with van der Waals surface area (Å²) in [4.78, 5) is 15.9. The van der Waals surface area contributed by atoms with E-state index < -0.39 is 17.5 Å². The summed E-state index contributed by atoms with van der Waals surface area (Å²) < 4.78 is 42.9. The fourth-order valence-corrected chi connectivity index (χ4v) is 1.73. The van der Waals surface area contributed by atoms with E-state index in [4.69, 9.17) is 4.74 Å². The maximum absolute atomic E-state index is 12.7. The number of ketones is 1. The fourth-order valence-electron chi connectivity index (χ4n) is 1.73. The predicted molar refractivity (Wildman–Crippen MR) is 65.7 cm³/mol. The molecule has 0 aliphatic carbocycles. The average molecular weight is 281 g/mol. The summed E-state index contributed by atoms with van der Waals surface area (Å²) in [6.07, 6.45) is -1.67. The quantitative estimate of drug-likeness (QED) is 0.810. The number of halogens is 3. The van der Waals surface area contributed by atoms with Crippen molar-refractivity contribution in [2.75, 3.05) is 7.11 Å².